The molecule has 2 amide bonds. The van der Waals surface area contributed by atoms with Crippen molar-refractivity contribution in [3.63, 3.8) is 0 Å². The van der Waals surface area contributed by atoms with Crippen molar-refractivity contribution in [1.29, 1.82) is 0 Å². The molecule has 4 rings (SSSR count). The number of carbonyl (C=O) groups is 3. The molecule has 150 valence electrons. The summed E-state index contributed by atoms with van der Waals surface area (Å²) in [7, 11) is 0. The van der Waals surface area contributed by atoms with Crippen LogP contribution in [0.15, 0.2) is 42.5 Å². The third-order valence-electron chi connectivity index (χ3n) is 5.41. The molecule has 2 heterocycles. The number of ether oxygens (including phenoxy) is 1. The molecule has 6 nitrogen and oxygen atoms in total. The van der Waals surface area contributed by atoms with Crippen molar-refractivity contribution in [2.45, 2.75) is 32.0 Å². The minimum atomic E-state index is -1.64. The maximum Gasteiger partial charge on any atom is 0.354 e. The zero-order valence-electron chi connectivity index (χ0n) is 15.7. The van der Waals surface area contributed by atoms with E-state index < -0.39 is 29.9 Å². The number of likely N-dealkylation sites (N-methyl/N-ethyl adjacent to an activating group) is 1. The molecule has 2 aromatic carbocycles. The van der Waals surface area contributed by atoms with Crippen molar-refractivity contribution in [1.82, 2.24) is 4.90 Å². The number of nitrogens with zero attached hydrogens (tertiary/aromatic N) is 2. The van der Waals surface area contributed by atoms with E-state index in [-0.39, 0.29) is 36.8 Å². The molecule has 8 heteroatoms. The van der Waals surface area contributed by atoms with Crippen LogP contribution < -0.4 is 4.90 Å². The summed E-state index contributed by atoms with van der Waals surface area (Å²) >= 11 is 0. The van der Waals surface area contributed by atoms with E-state index in [0.717, 1.165) is 6.07 Å². The predicted molar refractivity (Wildman–Crippen MR) is 98.8 cm³/mol. The first kappa shape index (κ1) is 19.0. The van der Waals surface area contributed by atoms with Crippen molar-refractivity contribution < 1.29 is 27.9 Å². The molecular weight excluding hydrogens is 382 g/mol. The quantitative estimate of drug-likeness (QED) is 0.740. The number of para-hydroxylation sites is 1. The molecule has 0 aliphatic carbocycles. The van der Waals surface area contributed by atoms with Crippen molar-refractivity contribution >= 4 is 23.5 Å². The summed E-state index contributed by atoms with van der Waals surface area (Å²) < 4.78 is 32.7. The van der Waals surface area contributed by atoms with E-state index in [1.165, 1.54) is 21.9 Å². The molecule has 1 fully saturated rings. The Morgan fingerprint density at radius 1 is 1.14 bits per heavy atom. The average molecular weight is 400 g/mol. The number of hydrogen-bond acceptors (Lipinski definition) is 4. The molecule has 2 aliphatic heterocycles. The van der Waals surface area contributed by atoms with Crippen LogP contribution in [0.1, 0.15) is 35.7 Å². The van der Waals surface area contributed by atoms with E-state index in [1.54, 1.807) is 31.2 Å². The number of hydrogen-bond donors (Lipinski definition) is 0. The number of benzene rings is 2. The Morgan fingerprint density at radius 3 is 2.66 bits per heavy atom. The van der Waals surface area contributed by atoms with Crippen LogP contribution in [0.2, 0.25) is 0 Å². The van der Waals surface area contributed by atoms with Crippen LogP contribution >= 0.6 is 0 Å². The molecule has 0 spiro atoms. The van der Waals surface area contributed by atoms with Gasteiger partial charge in [0.05, 0.1) is 11.3 Å². The molecule has 0 bridgehead atoms. The highest BCUT2D eigenvalue weighted by Crippen LogP contribution is 2.45. The van der Waals surface area contributed by atoms with E-state index >= 15 is 0 Å². The monoisotopic (exact) mass is 400 g/mol. The summed E-state index contributed by atoms with van der Waals surface area (Å²) in [5, 5.41) is 0. The fourth-order valence-electron chi connectivity index (χ4n) is 4.09. The number of carbonyl (C=O) groups excluding carboxylic acids is 3. The number of fused-ring (bicyclic) bond motifs is 3. The first-order valence-electron chi connectivity index (χ1n) is 9.26. The van der Waals surface area contributed by atoms with Crippen LogP contribution in [0, 0.1) is 11.6 Å². The Kier molecular flexibility index (Phi) is 4.56. The lowest BCUT2D eigenvalue weighted by atomic mass is 9.96. The van der Waals surface area contributed by atoms with Crippen LogP contribution in [0.4, 0.5) is 14.5 Å². The van der Waals surface area contributed by atoms with Crippen molar-refractivity contribution in [2.24, 2.45) is 0 Å². The summed E-state index contributed by atoms with van der Waals surface area (Å²) in [6.45, 7) is 1.36. The van der Waals surface area contributed by atoms with Crippen LogP contribution in [0.5, 0.6) is 0 Å². The lowest BCUT2D eigenvalue weighted by Gasteiger charge is -2.48. The minimum Gasteiger partial charge on any atom is -0.458 e. The number of esters is 1. The Morgan fingerprint density at radius 2 is 1.90 bits per heavy atom. The molecule has 1 atom stereocenters. The van der Waals surface area contributed by atoms with Gasteiger partial charge in [-0.3, -0.25) is 14.5 Å². The lowest BCUT2D eigenvalue weighted by molar-refractivity contribution is -0.158. The number of halogens is 2. The van der Waals surface area contributed by atoms with Gasteiger partial charge in [0.1, 0.15) is 6.61 Å². The fraction of sp³-hybridized carbons (Fsp3) is 0.286. The first-order valence-corrected chi connectivity index (χ1v) is 9.26. The molecule has 29 heavy (non-hydrogen) atoms. The summed E-state index contributed by atoms with van der Waals surface area (Å²) in [6.07, 6.45) is 0.117. The first-order chi connectivity index (χ1) is 13.9. The molecule has 2 aromatic rings. The van der Waals surface area contributed by atoms with E-state index in [1.807, 2.05) is 0 Å². The maximum atomic E-state index is 13.9. The summed E-state index contributed by atoms with van der Waals surface area (Å²) in [5.41, 5.74) is -1.10. The zero-order chi connectivity index (χ0) is 20.8. The second kappa shape index (κ2) is 6.95. The van der Waals surface area contributed by atoms with Gasteiger partial charge in [-0.1, -0.05) is 24.3 Å². The molecular formula is C21H18F2N2O4. The Hall–Kier alpha value is -3.29. The van der Waals surface area contributed by atoms with Crippen LogP contribution in [0.3, 0.4) is 0 Å². The van der Waals surface area contributed by atoms with Gasteiger partial charge in [-0.05, 0) is 25.1 Å². The van der Waals surface area contributed by atoms with Crippen molar-refractivity contribution in [2.75, 3.05) is 11.4 Å². The number of anilines is 1. The van der Waals surface area contributed by atoms with Gasteiger partial charge in [-0.25, -0.2) is 13.6 Å². The van der Waals surface area contributed by atoms with Crippen LogP contribution in [-0.4, -0.2) is 34.9 Å². The molecule has 0 aromatic heterocycles. The van der Waals surface area contributed by atoms with Crippen LogP contribution in [-0.2, 0) is 20.9 Å². The van der Waals surface area contributed by atoms with Gasteiger partial charge < -0.3 is 9.64 Å². The molecule has 1 saturated heterocycles. The lowest BCUT2D eigenvalue weighted by Crippen LogP contribution is -2.68. The van der Waals surface area contributed by atoms with Gasteiger partial charge in [-0.2, -0.15) is 0 Å². The van der Waals surface area contributed by atoms with Gasteiger partial charge in [0, 0.05) is 24.9 Å². The van der Waals surface area contributed by atoms with E-state index in [4.69, 9.17) is 4.74 Å². The Balaban J connectivity index is 1.73. The highest BCUT2D eigenvalue weighted by atomic mass is 19.2. The SMILES string of the molecule is CCN1C(=O)c2ccccc2N2C(=O)CC[C@@]12C(=O)OCc1cccc(F)c1F. The summed E-state index contributed by atoms with van der Waals surface area (Å²) in [6, 6.07) is 10.2. The second-order valence-electron chi connectivity index (χ2n) is 6.90. The van der Waals surface area contributed by atoms with Crippen molar-refractivity contribution in [3.05, 3.63) is 65.2 Å². The highest BCUT2D eigenvalue weighted by molar-refractivity contribution is 6.15. The molecule has 0 N–H and O–H groups in total. The van der Waals surface area contributed by atoms with Gasteiger partial charge in [0.2, 0.25) is 11.6 Å². The molecule has 0 unspecified atom stereocenters. The molecule has 0 radical (unpaired) electrons. The van der Waals surface area contributed by atoms with Gasteiger partial charge in [0.25, 0.3) is 5.91 Å². The van der Waals surface area contributed by atoms with Gasteiger partial charge in [-0.15, -0.1) is 0 Å². The number of amides is 2. The number of rotatable bonds is 4. The highest BCUT2D eigenvalue weighted by Gasteiger charge is 2.61. The van der Waals surface area contributed by atoms with E-state index in [0.29, 0.717) is 11.3 Å². The largest absolute Gasteiger partial charge is 0.458 e. The minimum absolute atomic E-state index is 0.0571. The third-order valence-corrected chi connectivity index (χ3v) is 5.41. The average Bonchev–Trinajstić information content (AvgIpc) is 3.07. The molecule has 0 saturated carbocycles. The standard InChI is InChI=1S/C21H18F2N2O4/c1-2-24-19(27)14-7-3-4-9-16(14)25-17(26)10-11-21(24,25)20(28)29-12-13-6-5-8-15(22)18(13)23/h3-9H,2,10-12H2,1H3/t21-/m1/s1. The fourth-order valence-corrected chi connectivity index (χ4v) is 4.09. The molecule has 2 aliphatic rings. The maximum absolute atomic E-state index is 13.9. The normalized spacial score (nSPS) is 20.5. The van der Waals surface area contributed by atoms with Gasteiger partial charge >= 0.3 is 5.97 Å². The van der Waals surface area contributed by atoms with Gasteiger partial charge in [0.15, 0.2) is 11.6 Å². The predicted octanol–water partition coefficient (Wildman–Crippen LogP) is 3.01. The van der Waals surface area contributed by atoms with Crippen molar-refractivity contribution in [3.8, 4) is 0 Å². The summed E-state index contributed by atoms with van der Waals surface area (Å²) in [5.74, 6) is -3.70. The van der Waals surface area contributed by atoms with E-state index in [2.05, 4.69) is 0 Å². The smallest absolute Gasteiger partial charge is 0.354 e. The zero-order valence-corrected chi connectivity index (χ0v) is 15.7. The Bertz CT molecular complexity index is 1030. The third kappa shape index (κ3) is 2.70. The second-order valence-corrected chi connectivity index (χ2v) is 6.90. The van der Waals surface area contributed by atoms with E-state index in [9.17, 15) is 23.2 Å². The Labute approximate surface area is 165 Å². The topological polar surface area (TPSA) is 66.9 Å². The summed E-state index contributed by atoms with van der Waals surface area (Å²) in [4.78, 5) is 41.6. The van der Waals surface area contributed by atoms with Crippen LogP contribution in [0.25, 0.3) is 0 Å².